The number of ether oxygens (including phenoxy) is 1. The van der Waals surface area contributed by atoms with Crippen molar-refractivity contribution in [1.29, 1.82) is 0 Å². The lowest BCUT2D eigenvalue weighted by Gasteiger charge is -2.30. The molecule has 1 aromatic rings. The molecule has 0 saturated heterocycles. The van der Waals surface area contributed by atoms with Crippen molar-refractivity contribution >= 4 is 5.97 Å². The lowest BCUT2D eigenvalue weighted by atomic mass is 9.81. The lowest BCUT2D eigenvalue weighted by molar-refractivity contribution is -0.156. The molecule has 0 aliphatic heterocycles. The van der Waals surface area contributed by atoms with E-state index in [0.29, 0.717) is 19.3 Å². The average Bonchev–Trinajstić information content (AvgIpc) is 2.75. The molecule has 0 amide bonds. The van der Waals surface area contributed by atoms with Crippen LogP contribution in [0.4, 0.5) is 0 Å². The van der Waals surface area contributed by atoms with Crippen LogP contribution in [-0.2, 0) is 22.4 Å². The Kier molecular flexibility index (Phi) is 4.25. The van der Waals surface area contributed by atoms with Crippen molar-refractivity contribution in [2.45, 2.75) is 44.6 Å². The second kappa shape index (κ2) is 5.74. The Bertz CT molecular complexity index is 428. The maximum atomic E-state index is 12.0. The molecular formula is C16H22O3. The third-order valence-corrected chi connectivity index (χ3v) is 4.09. The predicted octanol–water partition coefficient (Wildman–Crippen LogP) is 2.50. The number of carbonyl (C=O) groups is 1. The summed E-state index contributed by atoms with van der Waals surface area (Å²) in [6, 6.07) is 8.01. The van der Waals surface area contributed by atoms with Gasteiger partial charge in [-0.05, 0) is 17.5 Å². The van der Waals surface area contributed by atoms with E-state index in [2.05, 4.69) is 6.92 Å². The summed E-state index contributed by atoms with van der Waals surface area (Å²) in [5, 5.41) is 10.9. The predicted molar refractivity (Wildman–Crippen MR) is 73.8 cm³/mol. The van der Waals surface area contributed by atoms with Crippen LogP contribution in [0.5, 0.6) is 0 Å². The van der Waals surface area contributed by atoms with Crippen molar-refractivity contribution in [3.8, 4) is 0 Å². The van der Waals surface area contributed by atoms with Crippen LogP contribution in [0.2, 0.25) is 0 Å². The van der Waals surface area contributed by atoms with Crippen LogP contribution in [0.25, 0.3) is 0 Å². The van der Waals surface area contributed by atoms with Gasteiger partial charge in [-0.2, -0.15) is 0 Å². The van der Waals surface area contributed by atoms with E-state index in [0.717, 1.165) is 24.0 Å². The number of hydrogen-bond donors (Lipinski definition) is 1. The number of methoxy groups -OCH3 is 1. The van der Waals surface area contributed by atoms with Gasteiger partial charge in [0.1, 0.15) is 0 Å². The first-order valence-electron chi connectivity index (χ1n) is 6.97. The number of esters is 1. The molecule has 104 valence electrons. The van der Waals surface area contributed by atoms with Crippen LogP contribution >= 0.6 is 0 Å². The molecule has 1 aromatic carbocycles. The maximum Gasteiger partial charge on any atom is 0.311 e. The highest BCUT2D eigenvalue weighted by Crippen LogP contribution is 2.38. The molecule has 0 radical (unpaired) electrons. The Morgan fingerprint density at radius 3 is 2.42 bits per heavy atom. The topological polar surface area (TPSA) is 46.5 Å². The van der Waals surface area contributed by atoms with Crippen molar-refractivity contribution in [2.75, 3.05) is 7.11 Å². The Morgan fingerprint density at radius 2 is 1.95 bits per heavy atom. The molecule has 0 heterocycles. The molecule has 3 nitrogen and oxygen atoms in total. The highest BCUT2D eigenvalue weighted by molar-refractivity contribution is 5.74. The minimum atomic E-state index is -0.980. The summed E-state index contributed by atoms with van der Waals surface area (Å²) in [5.74, 6) is -0.714. The van der Waals surface area contributed by atoms with Crippen molar-refractivity contribution in [3.63, 3.8) is 0 Å². The minimum absolute atomic E-state index is 0.288. The Hall–Kier alpha value is -1.35. The molecule has 3 heteroatoms. The molecule has 1 N–H and O–H groups in total. The van der Waals surface area contributed by atoms with Crippen LogP contribution in [0, 0.1) is 5.92 Å². The summed E-state index contributed by atoms with van der Waals surface area (Å²) >= 11 is 0. The van der Waals surface area contributed by atoms with Gasteiger partial charge in [-0.15, -0.1) is 0 Å². The van der Waals surface area contributed by atoms with E-state index in [1.807, 2.05) is 24.3 Å². The number of aliphatic hydroxyl groups is 1. The summed E-state index contributed by atoms with van der Waals surface area (Å²) in [6.07, 6.45) is 3.72. The Labute approximate surface area is 114 Å². The standard InChI is InChI=1S/C16H22O3/c1-3-4-9-14(15(17)19-2)16(18)10-12-7-5-6-8-13(12)11-16/h5-8,14,18H,3-4,9-11H2,1-2H3. The van der Waals surface area contributed by atoms with Gasteiger partial charge in [0.2, 0.25) is 0 Å². The maximum absolute atomic E-state index is 12.0. The highest BCUT2D eigenvalue weighted by atomic mass is 16.5. The minimum Gasteiger partial charge on any atom is -0.469 e. The summed E-state index contributed by atoms with van der Waals surface area (Å²) in [6.45, 7) is 2.09. The van der Waals surface area contributed by atoms with E-state index in [9.17, 15) is 9.90 Å². The lowest BCUT2D eigenvalue weighted by Crippen LogP contribution is -2.43. The molecule has 0 saturated carbocycles. The normalized spacial score (nSPS) is 17.8. The quantitative estimate of drug-likeness (QED) is 0.829. The van der Waals surface area contributed by atoms with Gasteiger partial charge in [0, 0.05) is 12.8 Å². The molecule has 0 aromatic heterocycles. The fraction of sp³-hybridized carbons (Fsp3) is 0.562. The third kappa shape index (κ3) is 2.81. The van der Waals surface area contributed by atoms with E-state index in [-0.39, 0.29) is 5.97 Å². The second-order valence-electron chi connectivity index (χ2n) is 5.44. The first-order valence-corrected chi connectivity index (χ1v) is 6.97. The van der Waals surface area contributed by atoms with Crippen LogP contribution in [0.1, 0.15) is 37.3 Å². The molecule has 0 fully saturated rings. The number of unbranched alkanes of at least 4 members (excludes halogenated alkanes) is 1. The Morgan fingerprint density at radius 1 is 1.37 bits per heavy atom. The first-order chi connectivity index (χ1) is 9.10. The van der Waals surface area contributed by atoms with Crippen LogP contribution in [0.3, 0.4) is 0 Å². The van der Waals surface area contributed by atoms with Crippen LogP contribution in [-0.4, -0.2) is 23.8 Å². The fourth-order valence-electron chi connectivity index (χ4n) is 3.03. The molecule has 1 unspecified atom stereocenters. The van der Waals surface area contributed by atoms with E-state index in [4.69, 9.17) is 4.74 Å². The van der Waals surface area contributed by atoms with Crippen molar-refractivity contribution in [2.24, 2.45) is 5.92 Å². The van der Waals surface area contributed by atoms with Crippen molar-refractivity contribution < 1.29 is 14.6 Å². The smallest absolute Gasteiger partial charge is 0.311 e. The van der Waals surface area contributed by atoms with Gasteiger partial charge in [-0.1, -0.05) is 44.0 Å². The van der Waals surface area contributed by atoms with Gasteiger partial charge in [-0.25, -0.2) is 0 Å². The van der Waals surface area contributed by atoms with Crippen LogP contribution in [0.15, 0.2) is 24.3 Å². The summed E-state index contributed by atoms with van der Waals surface area (Å²) in [5.41, 5.74) is 1.32. The molecule has 19 heavy (non-hydrogen) atoms. The van der Waals surface area contributed by atoms with E-state index in [1.165, 1.54) is 7.11 Å². The molecular weight excluding hydrogens is 240 g/mol. The summed E-state index contributed by atoms with van der Waals surface area (Å²) < 4.78 is 4.89. The molecule has 2 rings (SSSR count). The number of benzene rings is 1. The fourth-order valence-corrected chi connectivity index (χ4v) is 3.03. The number of fused-ring (bicyclic) bond motifs is 1. The molecule has 0 spiro atoms. The van der Waals surface area contributed by atoms with E-state index < -0.39 is 11.5 Å². The van der Waals surface area contributed by atoms with Crippen LogP contribution < -0.4 is 0 Å². The summed E-state index contributed by atoms with van der Waals surface area (Å²) in [7, 11) is 1.40. The number of carbonyl (C=O) groups excluding carboxylic acids is 1. The zero-order valence-corrected chi connectivity index (χ0v) is 11.7. The van der Waals surface area contributed by atoms with Gasteiger partial charge < -0.3 is 9.84 Å². The largest absolute Gasteiger partial charge is 0.469 e. The highest BCUT2D eigenvalue weighted by Gasteiger charge is 2.45. The monoisotopic (exact) mass is 262 g/mol. The zero-order valence-electron chi connectivity index (χ0n) is 11.7. The number of hydrogen-bond acceptors (Lipinski definition) is 3. The van der Waals surface area contributed by atoms with Gasteiger partial charge in [-0.3, -0.25) is 4.79 Å². The second-order valence-corrected chi connectivity index (χ2v) is 5.44. The average molecular weight is 262 g/mol. The van der Waals surface area contributed by atoms with Crippen molar-refractivity contribution in [3.05, 3.63) is 35.4 Å². The van der Waals surface area contributed by atoms with E-state index in [1.54, 1.807) is 0 Å². The van der Waals surface area contributed by atoms with Crippen molar-refractivity contribution in [1.82, 2.24) is 0 Å². The molecule has 1 aliphatic rings. The molecule has 1 atom stereocenters. The van der Waals surface area contributed by atoms with Gasteiger partial charge in [0.15, 0.2) is 0 Å². The zero-order chi connectivity index (χ0) is 13.9. The summed E-state index contributed by atoms with van der Waals surface area (Å²) in [4.78, 5) is 12.0. The van der Waals surface area contributed by atoms with Gasteiger partial charge in [0.05, 0.1) is 18.6 Å². The number of rotatable bonds is 5. The van der Waals surface area contributed by atoms with Gasteiger partial charge in [0.25, 0.3) is 0 Å². The molecule has 1 aliphatic carbocycles. The van der Waals surface area contributed by atoms with Gasteiger partial charge >= 0.3 is 5.97 Å². The van der Waals surface area contributed by atoms with E-state index >= 15 is 0 Å². The molecule has 0 bridgehead atoms. The first kappa shape index (κ1) is 14.1. The third-order valence-electron chi connectivity index (χ3n) is 4.09. The SMILES string of the molecule is CCCCC(C(=O)OC)C1(O)Cc2ccccc2C1. The Balaban J connectivity index is 2.20.